The summed E-state index contributed by atoms with van der Waals surface area (Å²) in [7, 11) is 0. The van der Waals surface area contributed by atoms with E-state index in [2.05, 4.69) is 6.92 Å². The number of fused-ring (bicyclic) bond motifs is 3. The molecule has 0 saturated heterocycles. The molecule has 25 heavy (non-hydrogen) atoms. The van der Waals surface area contributed by atoms with Crippen molar-refractivity contribution in [3.8, 4) is 0 Å². The molecule has 3 aliphatic rings. The fourth-order valence-electron chi connectivity index (χ4n) is 6.40. The number of ether oxygens (including phenoxy) is 1. The topological polar surface area (TPSA) is 63.6 Å². The van der Waals surface area contributed by atoms with Gasteiger partial charge in [0.05, 0.1) is 12.7 Å². The van der Waals surface area contributed by atoms with E-state index in [9.17, 15) is 14.7 Å². The van der Waals surface area contributed by atoms with E-state index in [0.717, 1.165) is 51.4 Å². The van der Waals surface area contributed by atoms with Crippen molar-refractivity contribution in [2.75, 3.05) is 6.61 Å². The van der Waals surface area contributed by atoms with E-state index >= 15 is 0 Å². The maximum absolute atomic E-state index is 12.5. The van der Waals surface area contributed by atoms with Crippen LogP contribution in [-0.2, 0) is 14.3 Å². The Morgan fingerprint density at radius 1 is 1.28 bits per heavy atom. The highest BCUT2D eigenvalue weighted by Crippen LogP contribution is 2.62. The van der Waals surface area contributed by atoms with Crippen LogP contribution < -0.4 is 0 Å². The van der Waals surface area contributed by atoms with Crippen molar-refractivity contribution in [3.63, 3.8) is 0 Å². The molecule has 0 aromatic rings. The summed E-state index contributed by atoms with van der Waals surface area (Å²) in [5, 5.41) is 9.84. The van der Waals surface area contributed by atoms with Crippen molar-refractivity contribution in [3.05, 3.63) is 0 Å². The van der Waals surface area contributed by atoms with Crippen LogP contribution in [0.3, 0.4) is 0 Å². The third kappa shape index (κ3) is 3.39. The molecule has 3 saturated carbocycles. The molecule has 6 unspecified atom stereocenters. The average Bonchev–Trinajstić information content (AvgIpc) is 2.87. The van der Waals surface area contributed by atoms with Gasteiger partial charge in [0.1, 0.15) is 5.78 Å². The fraction of sp³-hybridized carbons (Fsp3) is 0.905. The normalized spacial score (nSPS) is 41.8. The Morgan fingerprint density at radius 2 is 2.04 bits per heavy atom. The molecule has 3 aliphatic carbocycles. The van der Waals surface area contributed by atoms with Crippen LogP contribution in [-0.4, -0.2) is 29.6 Å². The number of hydrogen-bond acceptors (Lipinski definition) is 4. The molecule has 0 amide bonds. The summed E-state index contributed by atoms with van der Waals surface area (Å²) in [6.07, 6.45) is 8.59. The van der Waals surface area contributed by atoms with Crippen LogP contribution in [0.2, 0.25) is 0 Å². The first kappa shape index (κ1) is 18.9. The Morgan fingerprint density at radius 3 is 2.72 bits per heavy atom. The summed E-state index contributed by atoms with van der Waals surface area (Å²) >= 11 is 0. The summed E-state index contributed by atoms with van der Waals surface area (Å²) < 4.78 is 5.54. The molecule has 0 radical (unpaired) electrons. The van der Waals surface area contributed by atoms with Crippen LogP contribution in [0.4, 0.5) is 0 Å². The quantitative estimate of drug-likeness (QED) is 0.764. The first-order chi connectivity index (χ1) is 11.8. The van der Waals surface area contributed by atoms with Crippen molar-refractivity contribution in [2.24, 2.45) is 28.6 Å². The van der Waals surface area contributed by atoms with Gasteiger partial charge >= 0.3 is 5.97 Å². The monoisotopic (exact) mass is 350 g/mol. The maximum atomic E-state index is 12.5. The Bertz CT molecular complexity index is 528. The summed E-state index contributed by atoms with van der Waals surface area (Å²) in [6, 6.07) is 0. The molecule has 0 heterocycles. The number of rotatable bonds is 5. The van der Waals surface area contributed by atoms with Gasteiger partial charge in [-0.15, -0.1) is 0 Å². The minimum atomic E-state index is -0.323. The molecule has 0 aromatic carbocycles. The first-order valence-electron chi connectivity index (χ1n) is 10.1. The van der Waals surface area contributed by atoms with Crippen LogP contribution in [0.1, 0.15) is 78.6 Å². The number of Topliss-reactive ketones (excluding diaryl/α,β-unsaturated/α-hetero) is 1. The summed E-state index contributed by atoms with van der Waals surface area (Å²) in [5.74, 6) is 1.85. The van der Waals surface area contributed by atoms with Crippen molar-refractivity contribution >= 4 is 11.8 Å². The van der Waals surface area contributed by atoms with Gasteiger partial charge in [-0.25, -0.2) is 0 Å². The third-order valence-corrected chi connectivity index (χ3v) is 7.77. The van der Waals surface area contributed by atoms with Gasteiger partial charge in [0.15, 0.2) is 0 Å². The van der Waals surface area contributed by atoms with Gasteiger partial charge in [-0.3, -0.25) is 9.59 Å². The molecular weight excluding hydrogens is 316 g/mol. The van der Waals surface area contributed by atoms with E-state index < -0.39 is 0 Å². The van der Waals surface area contributed by atoms with E-state index in [1.807, 2.05) is 6.92 Å². The maximum Gasteiger partial charge on any atom is 0.302 e. The lowest BCUT2D eigenvalue weighted by molar-refractivity contribution is -0.154. The highest BCUT2D eigenvalue weighted by molar-refractivity contribution is 5.87. The molecule has 4 heteroatoms. The zero-order valence-corrected chi connectivity index (χ0v) is 16.1. The number of esters is 1. The molecule has 1 N–H and O–H groups in total. The second-order valence-electron chi connectivity index (χ2n) is 9.22. The van der Waals surface area contributed by atoms with Crippen LogP contribution in [0, 0.1) is 28.6 Å². The predicted molar refractivity (Wildman–Crippen MR) is 95.9 cm³/mol. The number of carbonyl (C=O) groups is 2. The second-order valence-corrected chi connectivity index (χ2v) is 9.22. The van der Waals surface area contributed by atoms with E-state index in [-0.39, 0.29) is 22.9 Å². The third-order valence-electron chi connectivity index (χ3n) is 7.77. The molecule has 3 fully saturated rings. The summed E-state index contributed by atoms with van der Waals surface area (Å²) in [4.78, 5) is 24.0. The molecule has 0 aromatic heterocycles. The SMILES string of the molecule is CC(=O)OCC1(CCC(C)O)CCCC2C1CCC1(C)C(=O)CCC21. The standard InChI is InChI=1S/C21H34O4/c1-14(22)8-12-21(13-25-15(2)23)10-4-5-16-17-6-7-19(24)20(17,3)11-9-18(16)21/h14,16-18,22H,4-13H2,1-3H3. The zero-order valence-electron chi connectivity index (χ0n) is 16.1. The van der Waals surface area contributed by atoms with Crippen LogP contribution in [0.25, 0.3) is 0 Å². The average molecular weight is 350 g/mol. The van der Waals surface area contributed by atoms with Crippen LogP contribution >= 0.6 is 0 Å². The van der Waals surface area contributed by atoms with Gasteiger partial charge in [0, 0.05) is 24.2 Å². The summed E-state index contributed by atoms with van der Waals surface area (Å²) in [5.41, 5.74) is -0.130. The minimum Gasteiger partial charge on any atom is -0.465 e. The Kier molecular flexibility index (Phi) is 5.30. The molecule has 3 rings (SSSR count). The van der Waals surface area contributed by atoms with Gasteiger partial charge in [0.2, 0.25) is 0 Å². The minimum absolute atomic E-state index is 0.0153. The molecule has 142 valence electrons. The first-order valence-corrected chi connectivity index (χ1v) is 10.1. The van der Waals surface area contributed by atoms with E-state index in [1.54, 1.807) is 0 Å². The van der Waals surface area contributed by atoms with Gasteiger partial charge in [0.25, 0.3) is 0 Å². The Hall–Kier alpha value is -0.900. The van der Waals surface area contributed by atoms with Crippen molar-refractivity contribution < 1.29 is 19.4 Å². The number of aliphatic hydroxyl groups is 1. The van der Waals surface area contributed by atoms with Crippen LogP contribution in [0.15, 0.2) is 0 Å². The van der Waals surface area contributed by atoms with E-state index in [4.69, 9.17) is 4.74 Å². The van der Waals surface area contributed by atoms with Gasteiger partial charge in [-0.05, 0) is 69.6 Å². The molecule has 4 nitrogen and oxygen atoms in total. The Balaban J connectivity index is 1.85. The van der Waals surface area contributed by atoms with Gasteiger partial charge in [-0.1, -0.05) is 13.3 Å². The van der Waals surface area contributed by atoms with E-state index in [1.165, 1.54) is 13.3 Å². The smallest absolute Gasteiger partial charge is 0.302 e. The number of ketones is 1. The van der Waals surface area contributed by atoms with Gasteiger partial charge < -0.3 is 9.84 Å². The van der Waals surface area contributed by atoms with E-state index in [0.29, 0.717) is 30.1 Å². The molecule has 0 bridgehead atoms. The zero-order chi connectivity index (χ0) is 18.2. The second kappa shape index (κ2) is 7.02. The Labute approximate surface area is 151 Å². The summed E-state index contributed by atoms with van der Waals surface area (Å²) in [6.45, 7) is 6.00. The van der Waals surface area contributed by atoms with Crippen LogP contribution in [0.5, 0.6) is 0 Å². The molecule has 0 aliphatic heterocycles. The largest absolute Gasteiger partial charge is 0.465 e. The molecule has 0 spiro atoms. The number of carbonyl (C=O) groups excluding carboxylic acids is 2. The predicted octanol–water partition coefficient (Wildman–Crippen LogP) is 3.89. The lowest BCUT2D eigenvalue weighted by Gasteiger charge is -2.56. The van der Waals surface area contributed by atoms with Crippen molar-refractivity contribution in [1.29, 1.82) is 0 Å². The van der Waals surface area contributed by atoms with Gasteiger partial charge in [-0.2, -0.15) is 0 Å². The molecular formula is C21H34O4. The number of aliphatic hydroxyl groups excluding tert-OH is 1. The highest BCUT2D eigenvalue weighted by atomic mass is 16.5. The molecule has 6 atom stereocenters. The number of hydrogen-bond donors (Lipinski definition) is 1. The lowest BCUT2D eigenvalue weighted by atomic mass is 9.49. The lowest BCUT2D eigenvalue weighted by Crippen LogP contribution is -2.51. The fourth-order valence-corrected chi connectivity index (χ4v) is 6.40. The highest BCUT2D eigenvalue weighted by Gasteiger charge is 2.58. The van der Waals surface area contributed by atoms with Crippen molar-refractivity contribution in [1.82, 2.24) is 0 Å². The van der Waals surface area contributed by atoms with Crippen molar-refractivity contribution in [2.45, 2.75) is 84.7 Å².